The number of nitrogens with one attached hydrogen (secondary N) is 2. The van der Waals surface area contributed by atoms with Crippen molar-refractivity contribution in [3.63, 3.8) is 0 Å². The van der Waals surface area contributed by atoms with E-state index in [2.05, 4.69) is 51.5 Å². The molecule has 2 N–H and O–H groups in total. The van der Waals surface area contributed by atoms with Gasteiger partial charge in [0.1, 0.15) is 0 Å². The van der Waals surface area contributed by atoms with E-state index in [4.69, 9.17) is 0 Å². The predicted molar refractivity (Wildman–Crippen MR) is 120 cm³/mol. The average Bonchev–Trinajstić information content (AvgIpc) is 2.74. The zero-order valence-electron chi connectivity index (χ0n) is 17.1. The van der Waals surface area contributed by atoms with Crippen molar-refractivity contribution in [1.82, 2.24) is 20.5 Å². The van der Waals surface area contributed by atoms with E-state index in [1.165, 1.54) is 5.56 Å². The lowest BCUT2D eigenvalue weighted by atomic mass is 10.1. The summed E-state index contributed by atoms with van der Waals surface area (Å²) in [5.74, 6) is 1.36. The van der Waals surface area contributed by atoms with E-state index in [0.717, 1.165) is 36.1 Å². The minimum atomic E-state index is -0.00308. The number of aromatic nitrogens is 1. The first-order valence-electron chi connectivity index (χ1n) is 9.99. The molecule has 0 bridgehead atoms. The van der Waals surface area contributed by atoms with Crippen molar-refractivity contribution < 1.29 is 4.79 Å². The third kappa shape index (κ3) is 7.18. The van der Waals surface area contributed by atoms with E-state index in [1.807, 2.05) is 30.5 Å². The number of pyridine rings is 1. The van der Waals surface area contributed by atoms with Crippen LogP contribution in [0.4, 0.5) is 0 Å². The average molecular weight is 412 g/mol. The fraction of sp³-hybridized carbons (Fsp3) is 0.409. The molecule has 0 fully saturated rings. The summed E-state index contributed by atoms with van der Waals surface area (Å²) < 4.78 is 0. The highest BCUT2D eigenvalue weighted by atomic mass is 32.2. The summed E-state index contributed by atoms with van der Waals surface area (Å²) in [4.78, 5) is 23.3. The van der Waals surface area contributed by atoms with Gasteiger partial charge in [0.2, 0.25) is 0 Å². The van der Waals surface area contributed by atoms with Gasteiger partial charge in [-0.2, -0.15) is 0 Å². The predicted octanol–water partition coefficient (Wildman–Crippen LogP) is 3.47. The van der Waals surface area contributed by atoms with Crippen LogP contribution in [-0.2, 0) is 12.3 Å². The summed E-state index contributed by atoms with van der Waals surface area (Å²) in [5.41, 5.74) is 3.02. The number of carbonyl (C=O) groups is 1. The largest absolute Gasteiger partial charge is 0.352 e. The number of benzene rings is 1. The maximum atomic E-state index is 12.3. The number of amides is 1. The van der Waals surface area contributed by atoms with Crippen molar-refractivity contribution in [3.05, 3.63) is 65.5 Å². The quantitative estimate of drug-likeness (QED) is 0.696. The van der Waals surface area contributed by atoms with Gasteiger partial charge in [0.05, 0.1) is 13.3 Å². The van der Waals surface area contributed by atoms with Gasteiger partial charge in [-0.25, -0.2) is 4.99 Å². The Hall–Kier alpha value is -2.38. The number of nitrogens with zero attached hydrogens (tertiary/aromatic N) is 3. The van der Waals surface area contributed by atoms with Gasteiger partial charge in [-0.15, -0.1) is 0 Å². The number of hydrogen-bond acceptors (Lipinski definition) is 6. The molecule has 2 heterocycles. The van der Waals surface area contributed by atoms with Gasteiger partial charge in [0.25, 0.3) is 5.91 Å². The van der Waals surface area contributed by atoms with Crippen LogP contribution >= 0.6 is 11.8 Å². The number of thioether (sulfide) groups is 1. The normalized spacial score (nSPS) is 14.4. The molecule has 0 spiro atoms. The molecule has 0 unspecified atom stereocenters. The van der Waals surface area contributed by atoms with Gasteiger partial charge >= 0.3 is 0 Å². The van der Waals surface area contributed by atoms with E-state index in [1.54, 1.807) is 18.0 Å². The van der Waals surface area contributed by atoms with E-state index in [9.17, 15) is 4.79 Å². The van der Waals surface area contributed by atoms with Crippen molar-refractivity contribution in [1.29, 1.82) is 0 Å². The van der Waals surface area contributed by atoms with E-state index < -0.39 is 0 Å². The molecule has 29 heavy (non-hydrogen) atoms. The summed E-state index contributed by atoms with van der Waals surface area (Å²) in [5, 5.41) is 7.31. The third-order valence-corrected chi connectivity index (χ3v) is 5.59. The summed E-state index contributed by atoms with van der Waals surface area (Å²) >= 11 is 1.67. The Labute approximate surface area is 177 Å². The molecular formula is C22H29N5OS. The van der Waals surface area contributed by atoms with Crippen molar-refractivity contribution in [2.75, 3.05) is 19.9 Å². The lowest BCUT2D eigenvalue weighted by molar-refractivity contribution is 0.0952. The molecule has 1 aromatic carbocycles. The van der Waals surface area contributed by atoms with E-state index in [-0.39, 0.29) is 5.91 Å². The molecule has 0 saturated heterocycles. The standard InChI is InChI=1S/C22H29N5OS/c1-17(2)8-10-24-21(28)20-7-3-5-18(11-20)14-29-22-25-15-27(16-26-22)13-19-6-4-9-23-12-19/h3-7,9,11-12,17H,8,10,13-16H2,1-2H3,(H,24,28)(H,25,26). The van der Waals surface area contributed by atoms with Crippen LogP contribution in [0, 0.1) is 5.92 Å². The van der Waals surface area contributed by atoms with Gasteiger partial charge in [-0.1, -0.05) is 43.8 Å². The van der Waals surface area contributed by atoms with Crippen LogP contribution in [0.3, 0.4) is 0 Å². The van der Waals surface area contributed by atoms with Crippen LogP contribution in [-0.4, -0.2) is 40.8 Å². The Kier molecular flexibility index (Phi) is 8.07. The molecule has 1 amide bonds. The first kappa shape index (κ1) is 21.3. The molecule has 1 aliphatic heterocycles. The Balaban J connectivity index is 1.46. The van der Waals surface area contributed by atoms with Crippen molar-refractivity contribution in [3.8, 4) is 0 Å². The summed E-state index contributed by atoms with van der Waals surface area (Å²) in [6.45, 7) is 7.29. The molecule has 0 saturated carbocycles. The van der Waals surface area contributed by atoms with Crippen LogP contribution in [0.25, 0.3) is 0 Å². The molecule has 3 rings (SSSR count). The van der Waals surface area contributed by atoms with Gasteiger partial charge in [0.15, 0.2) is 5.17 Å². The second-order valence-electron chi connectivity index (χ2n) is 7.56. The highest BCUT2D eigenvalue weighted by Gasteiger charge is 2.13. The fourth-order valence-electron chi connectivity index (χ4n) is 2.93. The molecule has 1 aliphatic rings. The van der Waals surface area contributed by atoms with Gasteiger partial charge in [-0.3, -0.25) is 14.7 Å². The molecule has 0 aliphatic carbocycles. The van der Waals surface area contributed by atoms with Crippen LogP contribution < -0.4 is 10.6 Å². The SMILES string of the molecule is CC(C)CCNC(=O)c1cccc(CSC2=NCN(Cc3cccnc3)CN2)c1. The van der Waals surface area contributed by atoms with Crippen LogP contribution in [0.1, 0.15) is 41.8 Å². The van der Waals surface area contributed by atoms with Gasteiger partial charge < -0.3 is 10.6 Å². The molecular weight excluding hydrogens is 382 g/mol. The van der Waals surface area contributed by atoms with Crippen LogP contribution in [0.5, 0.6) is 0 Å². The lowest BCUT2D eigenvalue weighted by Gasteiger charge is -2.26. The molecule has 1 aromatic heterocycles. The van der Waals surface area contributed by atoms with Crippen molar-refractivity contribution >= 4 is 22.8 Å². The van der Waals surface area contributed by atoms with Crippen LogP contribution in [0.15, 0.2) is 53.8 Å². The monoisotopic (exact) mass is 411 g/mol. The second-order valence-corrected chi connectivity index (χ2v) is 8.52. The Morgan fingerprint density at radius 2 is 2.14 bits per heavy atom. The Bertz CT molecular complexity index is 825. The van der Waals surface area contributed by atoms with Gasteiger partial charge in [-0.05, 0) is 41.7 Å². The maximum absolute atomic E-state index is 12.3. The molecule has 0 atom stereocenters. The zero-order valence-corrected chi connectivity index (χ0v) is 17.9. The van der Waals surface area contributed by atoms with E-state index >= 15 is 0 Å². The highest BCUT2D eigenvalue weighted by Crippen LogP contribution is 2.16. The minimum Gasteiger partial charge on any atom is -0.352 e. The maximum Gasteiger partial charge on any atom is 0.251 e. The highest BCUT2D eigenvalue weighted by molar-refractivity contribution is 8.13. The number of amidine groups is 1. The lowest BCUT2D eigenvalue weighted by Crippen LogP contribution is -2.41. The fourth-order valence-corrected chi connectivity index (χ4v) is 3.73. The second kappa shape index (κ2) is 11.0. The first-order valence-corrected chi connectivity index (χ1v) is 11.0. The molecule has 154 valence electrons. The molecule has 0 radical (unpaired) electrons. The number of hydrogen-bond donors (Lipinski definition) is 2. The number of rotatable bonds is 8. The van der Waals surface area contributed by atoms with Crippen LogP contribution in [0.2, 0.25) is 0 Å². The first-order chi connectivity index (χ1) is 14.1. The van der Waals surface area contributed by atoms with Crippen molar-refractivity contribution in [2.24, 2.45) is 10.9 Å². The van der Waals surface area contributed by atoms with Gasteiger partial charge in [0, 0.05) is 36.8 Å². The molecule has 7 heteroatoms. The zero-order chi connectivity index (χ0) is 20.5. The topological polar surface area (TPSA) is 69.6 Å². The summed E-state index contributed by atoms with van der Waals surface area (Å²) in [6, 6.07) is 11.9. The molecule has 6 nitrogen and oxygen atoms in total. The number of aliphatic imine (C=N–C) groups is 1. The molecule has 2 aromatic rings. The van der Waals surface area contributed by atoms with E-state index in [0.29, 0.717) is 24.7 Å². The van der Waals surface area contributed by atoms with Crippen molar-refractivity contribution in [2.45, 2.75) is 32.6 Å². The smallest absolute Gasteiger partial charge is 0.251 e. The minimum absolute atomic E-state index is 0.00308. The summed E-state index contributed by atoms with van der Waals surface area (Å²) in [6.07, 6.45) is 4.67. The number of carbonyl (C=O) groups excluding carboxylic acids is 1. The third-order valence-electron chi connectivity index (χ3n) is 4.57. The Morgan fingerprint density at radius 3 is 2.86 bits per heavy atom. The summed E-state index contributed by atoms with van der Waals surface area (Å²) in [7, 11) is 0. The Morgan fingerprint density at radius 1 is 1.28 bits per heavy atom.